The minimum absolute atomic E-state index is 0. The summed E-state index contributed by atoms with van der Waals surface area (Å²) in [6.07, 6.45) is 14.7. The molecular formula is C15H26N2Ru. The van der Waals surface area contributed by atoms with Gasteiger partial charge in [0.1, 0.15) is 0 Å². The maximum atomic E-state index is 3.58. The van der Waals surface area contributed by atoms with Gasteiger partial charge in [0.05, 0.1) is 0 Å². The predicted molar refractivity (Wildman–Crippen MR) is 79.2 cm³/mol. The first-order valence-electron chi connectivity index (χ1n) is 5.72. The molecule has 0 atom stereocenters. The molecule has 1 aromatic rings. The van der Waals surface area contributed by atoms with Gasteiger partial charge in [-0.2, -0.15) is 0 Å². The van der Waals surface area contributed by atoms with Crippen LogP contribution in [0.2, 0.25) is 0 Å². The van der Waals surface area contributed by atoms with E-state index >= 15 is 0 Å². The third-order valence-electron chi connectivity index (χ3n) is 1.24. The molecule has 1 heterocycles. The van der Waals surface area contributed by atoms with Crippen LogP contribution >= 0.6 is 0 Å². The molecule has 0 saturated carbocycles. The van der Waals surface area contributed by atoms with Crippen molar-refractivity contribution in [2.75, 3.05) is 21.1 Å². The van der Waals surface area contributed by atoms with Gasteiger partial charge in [-0.1, -0.05) is 30.4 Å². The molecule has 0 aliphatic rings. The molecule has 1 aromatic heterocycles. The third kappa shape index (κ3) is 36.3. The van der Waals surface area contributed by atoms with Crippen molar-refractivity contribution in [3.63, 3.8) is 0 Å². The summed E-state index contributed by atoms with van der Waals surface area (Å²) in [6.45, 7) is 5.58. The Morgan fingerprint density at radius 3 is 1.89 bits per heavy atom. The van der Waals surface area contributed by atoms with Crippen molar-refractivity contribution in [2.24, 2.45) is 0 Å². The molecule has 0 unspecified atom stereocenters. The topological polar surface area (TPSA) is 19.0 Å². The molecule has 104 valence electrons. The van der Waals surface area contributed by atoms with Crippen LogP contribution in [-0.4, -0.2) is 31.0 Å². The second kappa shape index (κ2) is 21.4. The normalized spacial score (nSPS) is 9.17. The Labute approximate surface area is 125 Å². The van der Waals surface area contributed by atoms with E-state index in [2.05, 4.69) is 17.6 Å². The fraction of sp³-hybridized carbons (Fsp3) is 0.333. The van der Waals surface area contributed by atoms with Gasteiger partial charge in [0, 0.05) is 31.9 Å². The maximum Gasteiger partial charge on any atom is 0.000496 e. The Morgan fingerprint density at radius 1 is 1.11 bits per heavy atom. The van der Waals surface area contributed by atoms with E-state index in [-0.39, 0.29) is 19.5 Å². The van der Waals surface area contributed by atoms with Crippen LogP contribution in [0.3, 0.4) is 0 Å². The summed E-state index contributed by atoms with van der Waals surface area (Å²) in [4.78, 5) is 4.86. The largest absolute Gasteiger partial charge is 0.368 e. The Kier molecular flexibility index (Phi) is 26.5. The fourth-order valence-electron chi connectivity index (χ4n) is 0.642. The van der Waals surface area contributed by atoms with E-state index < -0.39 is 0 Å². The smallest absolute Gasteiger partial charge is 0.000496 e. The van der Waals surface area contributed by atoms with E-state index in [0.29, 0.717) is 0 Å². The zero-order valence-electron chi connectivity index (χ0n) is 11.9. The summed E-state index contributed by atoms with van der Waals surface area (Å²) >= 11 is 0. The number of nitrogens with zero attached hydrogens (tertiary/aromatic N) is 1. The first kappa shape index (κ1) is 22.3. The second-order valence-electron chi connectivity index (χ2n) is 3.70. The van der Waals surface area contributed by atoms with Crippen molar-refractivity contribution in [3.8, 4) is 0 Å². The summed E-state index contributed by atoms with van der Waals surface area (Å²) in [5.74, 6) is 0. The molecule has 0 aliphatic carbocycles. The van der Waals surface area contributed by atoms with E-state index in [1.54, 1.807) is 0 Å². The summed E-state index contributed by atoms with van der Waals surface area (Å²) in [5.41, 5.74) is 0. The molecule has 0 radical (unpaired) electrons. The van der Waals surface area contributed by atoms with Crippen LogP contribution in [-0.2, 0) is 19.5 Å². The van der Waals surface area contributed by atoms with Crippen LogP contribution in [0.15, 0.2) is 61.5 Å². The number of rotatable bonds is 3. The molecule has 1 N–H and O–H groups in total. The van der Waals surface area contributed by atoms with Gasteiger partial charge in [0.15, 0.2) is 0 Å². The summed E-state index contributed by atoms with van der Waals surface area (Å²) in [6, 6.07) is 3.89. The van der Waals surface area contributed by atoms with Gasteiger partial charge < -0.3 is 9.88 Å². The van der Waals surface area contributed by atoms with Crippen molar-refractivity contribution >= 4 is 0 Å². The van der Waals surface area contributed by atoms with Crippen LogP contribution in [0.4, 0.5) is 0 Å². The Hall–Kier alpha value is -0.917. The van der Waals surface area contributed by atoms with E-state index in [0.717, 1.165) is 6.42 Å². The maximum absolute atomic E-state index is 3.58. The SMILES string of the molecule is C=CCC=CC=CC.CN(C)C.[Ru].c1cc[nH]c1. The quantitative estimate of drug-likeness (QED) is 0.504. The second-order valence-corrected chi connectivity index (χ2v) is 3.70. The predicted octanol–water partition coefficient (Wildman–Crippen LogP) is 3.88. The molecule has 0 saturated heterocycles. The number of allylic oxidation sites excluding steroid dienone is 5. The van der Waals surface area contributed by atoms with Gasteiger partial charge in [0.25, 0.3) is 0 Å². The number of hydrogen-bond acceptors (Lipinski definition) is 1. The van der Waals surface area contributed by atoms with Crippen molar-refractivity contribution in [3.05, 3.63) is 61.5 Å². The molecule has 0 bridgehead atoms. The van der Waals surface area contributed by atoms with E-state index in [4.69, 9.17) is 0 Å². The molecule has 0 aliphatic heterocycles. The van der Waals surface area contributed by atoms with E-state index in [1.165, 1.54) is 0 Å². The number of nitrogens with one attached hydrogen (secondary N) is 1. The first-order valence-corrected chi connectivity index (χ1v) is 5.72. The Balaban J connectivity index is -0.000000195. The molecule has 1 rings (SSSR count). The molecular weight excluding hydrogens is 309 g/mol. The monoisotopic (exact) mass is 336 g/mol. The standard InChI is InChI=1S/C8H12.C4H5N.C3H9N.Ru/c1-3-5-7-8-6-4-2;1-2-4-5-3-1;1-4(2)3;/h3-4,6-8H,1,5H2,2H3;1-5H;1-3H3;. The molecule has 2 nitrogen and oxygen atoms in total. The summed E-state index contributed by atoms with van der Waals surface area (Å²) in [7, 11) is 6.00. The molecule has 0 spiro atoms. The summed E-state index contributed by atoms with van der Waals surface area (Å²) in [5, 5.41) is 0. The molecule has 0 fully saturated rings. The van der Waals surface area contributed by atoms with Gasteiger partial charge in [-0.15, -0.1) is 6.58 Å². The Morgan fingerprint density at radius 2 is 1.61 bits per heavy atom. The zero-order chi connectivity index (χ0) is 13.4. The first-order chi connectivity index (χ1) is 8.15. The average Bonchev–Trinajstić information content (AvgIpc) is 2.82. The molecule has 0 aromatic carbocycles. The van der Waals surface area contributed by atoms with Gasteiger partial charge in [0.2, 0.25) is 0 Å². The number of aromatic nitrogens is 1. The zero-order valence-corrected chi connectivity index (χ0v) is 13.6. The van der Waals surface area contributed by atoms with Crippen LogP contribution < -0.4 is 0 Å². The van der Waals surface area contributed by atoms with Crippen molar-refractivity contribution < 1.29 is 19.5 Å². The van der Waals surface area contributed by atoms with Crippen molar-refractivity contribution in [1.82, 2.24) is 9.88 Å². The minimum Gasteiger partial charge on any atom is -0.368 e. The number of hydrogen-bond donors (Lipinski definition) is 1. The van der Waals surface area contributed by atoms with E-state index in [9.17, 15) is 0 Å². The van der Waals surface area contributed by atoms with Gasteiger partial charge in [-0.25, -0.2) is 0 Å². The average molecular weight is 335 g/mol. The van der Waals surface area contributed by atoms with E-state index in [1.807, 2.05) is 81.8 Å². The number of H-pyrrole nitrogens is 1. The minimum atomic E-state index is 0. The van der Waals surface area contributed by atoms with Gasteiger partial charge in [-0.05, 0) is 46.6 Å². The van der Waals surface area contributed by atoms with Crippen LogP contribution in [0.25, 0.3) is 0 Å². The van der Waals surface area contributed by atoms with Gasteiger partial charge >= 0.3 is 0 Å². The Bertz CT molecular complexity index is 255. The molecule has 3 heteroatoms. The number of aromatic amines is 1. The fourth-order valence-corrected chi connectivity index (χ4v) is 0.642. The molecule has 18 heavy (non-hydrogen) atoms. The van der Waals surface area contributed by atoms with Crippen molar-refractivity contribution in [2.45, 2.75) is 13.3 Å². The molecule has 0 amide bonds. The van der Waals surface area contributed by atoms with Crippen molar-refractivity contribution in [1.29, 1.82) is 0 Å². The summed E-state index contributed by atoms with van der Waals surface area (Å²) < 4.78 is 0. The van der Waals surface area contributed by atoms with Crippen LogP contribution in [0.1, 0.15) is 13.3 Å². The van der Waals surface area contributed by atoms with Crippen LogP contribution in [0, 0.1) is 0 Å². The van der Waals surface area contributed by atoms with Gasteiger partial charge in [-0.3, -0.25) is 0 Å². The third-order valence-corrected chi connectivity index (χ3v) is 1.24. The van der Waals surface area contributed by atoms with Crippen LogP contribution in [0.5, 0.6) is 0 Å².